The predicted molar refractivity (Wildman–Crippen MR) is 85.1 cm³/mol. The minimum atomic E-state index is 0.185. The van der Waals surface area contributed by atoms with Crippen LogP contribution in [0.25, 0.3) is 0 Å². The molecule has 0 amide bonds. The van der Waals surface area contributed by atoms with Crippen molar-refractivity contribution in [2.45, 2.75) is 65.7 Å². The van der Waals surface area contributed by atoms with Gasteiger partial charge in [0.05, 0.1) is 6.21 Å². The van der Waals surface area contributed by atoms with E-state index in [0.29, 0.717) is 5.92 Å². The van der Waals surface area contributed by atoms with Crippen LogP contribution >= 0.6 is 0 Å². The van der Waals surface area contributed by atoms with Gasteiger partial charge in [0, 0.05) is 5.56 Å². The quantitative estimate of drug-likeness (QED) is 0.472. The Hall–Kier alpha value is -1.31. The Balaban J connectivity index is 2.86. The molecule has 1 aliphatic rings. The van der Waals surface area contributed by atoms with Crippen molar-refractivity contribution in [1.29, 1.82) is 0 Å². The number of hydrogen-bond acceptors (Lipinski definition) is 2. The molecule has 1 aromatic rings. The van der Waals surface area contributed by atoms with E-state index >= 15 is 0 Å². The van der Waals surface area contributed by atoms with Crippen LogP contribution in [0.1, 0.15) is 68.9 Å². The zero-order chi connectivity index (χ0) is 15.3. The van der Waals surface area contributed by atoms with Crippen LogP contribution in [0, 0.1) is 19.8 Å². The third kappa shape index (κ3) is 1.73. The Morgan fingerprint density at radius 3 is 2.40 bits per heavy atom. The molecule has 0 aromatic heterocycles. The molecule has 20 heavy (non-hydrogen) atoms. The van der Waals surface area contributed by atoms with Gasteiger partial charge in [0.15, 0.2) is 0 Å². The summed E-state index contributed by atoms with van der Waals surface area (Å²) in [6, 6.07) is 2.30. The lowest BCUT2D eigenvalue weighted by molar-refractivity contribution is 0.239. The molecule has 0 unspecified atom stereocenters. The van der Waals surface area contributed by atoms with Crippen LogP contribution in [0.2, 0.25) is 0 Å². The highest BCUT2D eigenvalue weighted by Crippen LogP contribution is 2.56. The van der Waals surface area contributed by atoms with E-state index in [-0.39, 0.29) is 10.8 Å². The highest BCUT2D eigenvalue weighted by Gasteiger charge is 2.51. The normalized spacial score (nSPS) is 28.1. The first-order chi connectivity index (χ1) is 9.21. The van der Waals surface area contributed by atoms with Gasteiger partial charge in [-0.05, 0) is 59.3 Å². The average Bonchev–Trinajstić information content (AvgIpc) is 2.54. The molecule has 0 fully saturated rings. The fraction of sp³-hybridized carbons (Fsp3) is 0.611. The van der Waals surface area contributed by atoms with Gasteiger partial charge in [-0.1, -0.05) is 45.8 Å². The van der Waals surface area contributed by atoms with E-state index in [1.165, 1.54) is 22.3 Å². The van der Waals surface area contributed by atoms with Gasteiger partial charge in [-0.2, -0.15) is 0 Å². The molecule has 0 radical (unpaired) electrons. The minimum absolute atomic E-state index is 0.185. The monoisotopic (exact) mass is 273 g/mol. The third-order valence-corrected chi connectivity index (χ3v) is 6.06. The van der Waals surface area contributed by atoms with Gasteiger partial charge in [0.1, 0.15) is 0 Å². The maximum atomic E-state index is 8.93. The van der Waals surface area contributed by atoms with E-state index in [4.69, 9.17) is 5.21 Å². The molecule has 0 bridgehead atoms. The smallest absolute Gasteiger partial charge is 0.0739 e. The van der Waals surface area contributed by atoms with Crippen molar-refractivity contribution in [2.75, 3.05) is 0 Å². The molecular formula is C18H27NO. The molecule has 110 valence electrons. The third-order valence-electron chi connectivity index (χ3n) is 6.06. The molecule has 2 atom stereocenters. The molecule has 0 saturated carbocycles. The van der Waals surface area contributed by atoms with Crippen molar-refractivity contribution in [1.82, 2.24) is 0 Å². The fourth-order valence-electron chi connectivity index (χ4n) is 4.23. The lowest BCUT2D eigenvalue weighted by Crippen LogP contribution is -2.33. The summed E-state index contributed by atoms with van der Waals surface area (Å²) in [4.78, 5) is 0. The summed E-state index contributed by atoms with van der Waals surface area (Å²) < 4.78 is 0. The van der Waals surface area contributed by atoms with Crippen molar-refractivity contribution in [3.63, 3.8) is 0 Å². The van der Waals surface area contributed by atoms with Crippen LogP contribution < -0.4 is 0 Å². The van der Waals surface area contributed by atoms with Crippen molar-refractivity contribution in [3.8, 4) is 0 Å². The van der Waals surface area contributed by atoms with Gasteiger partial charge in [-0.15, -0.1) is 0 Å². The van der Waals surface area contributed by atoms with Crippen LogP contribution in [-0.4, -0.2) is 11.4 Å². The maximum Gasteiger partial charge on any atom is 0.0739 e. The van der Waals surface area contributed by atoms with Crippen LogP contribution in [0.5, 0.6) is 0 Å². The van der Waals surface area contributed by atoms with E-state index in [2.05, 4.69) is 59.7 Å². The van der Waals surface area contributed by atoms with Crippen molar-refractivity contribution < 1.29 is 5.21 Å². The molecule has 1 aromatic carbocycles. The lowest BCUT2D eigenvalue weighted by Gasteiger charge is -2.35. The van der Waals surface area contributed by atoms with E-state index in [1.807, 2.05) is 0 Å². The number of fused-ring (bicyclic) bond motifs is 1. The van der Waals surface area contributed by atoms with E-state index in [1.54, 1.807) is 6.21 Å². The summed E-state index contributed by atoms with van der Waals surface area (Å²) in [7, 11) is 0. The van der Waals surface area contributed by atoms with Gasteiger partial charge in [-0.25, -0.2) is 0 Å². The predicted octanol–water partition coefficient (Wildman–Crippen LogP) is 4.71. The Bertz CT molecular complexity index is 571. The highest BCUT2D eigenvalue weighted by atomic mass is 16.4. The van der Waals surface area contributed by atoms with Gasteiger partial charge < -0.3 is 5.21 Å². The minimum Gasteiger partial charge on any atom is -0.411 e. The number of hydrogen-bond donors (Lipinski definition) is 1. The number of oxime groups is 1. The SMILES string of the molecule is CC[C@@]1(C)c2c(cc(C)c(/C=N\O)c2C)C(C)(C)[C@@H]1C. The van der Waals surface area contributed by atoms with Crippen LogP contribution in [0.3, 0.4) is 0 Å². The summed E-state index contributed by atoms with van der Waals surface area (Å²) in [5, 5.41) is 12.2. The van der Waals surface area contributed by atoms with E-state index in [9.17, 15) is 0 Å². The lowest BCUT2D eigenvalue weighted by atomic mass is 9.68. The molecule has 1 aliphatic carbocycles. The standard InChI is InChI=1S/C18H27NO/c1-8-18(7)13(4)17(5,6)15-9-11(2)14(10-19-20)12(3)16(15)18/h9-10,13,20H,8H2,1-7H3/b19-10-/t13-,18+/m0/s1. The summed E-state index contributed by atoms with van der Waals surface area (Å²) in [5.41, 5.74) is 6.85. The molecule has 2 heteroatoms. The van der Waals surface area contributed by atoms with Gasteiger partial charge >= 0.3 is 0 Å². The zero-order valence-corrected chi connectivity index (χ0v) is 13.8. The molecule has 0 aliphatic heterocycles. The summed E-state index contributed by atoms with van der Waals surface area (Å²) in [5.74, 6) is 0.592. The van der Waals surface area contributed by atoms with Crippen LogP contribution in [-0.2, 0) is 10.8 Å². The summed E-state index contributed by atoms with van der Waals surface area (Å²) in [6.45, 7) is 16.0. The summed E-state index contributed by atoms with van der Waals surface area (Å²) in [6.07, 6.45) is 2.71. The van der Waals surface area contributed by atoms with Crippen molar-refractivity contribution in [3.05, 3.63) is 33.9 Å². The first kappa shape index (κ1) is 15.1. The fourth-order valence-corrected chi connectivity index (χ4v) is 4.23. The average molecular weight is 273 g/mol. The molecule has 0 spiro atoms. The first-order valence-electron chi connectivity index (χ1n) is 7.54. The largest absolute Gasteiger partial charge is 0.411 e. The second-order valence-corrected chi connectivity index (χ2v) is 7.11. The first-order valence-corrected chi connectivity index (χ1v) is 7.54. The number of aryl methyl sites for hydroxylation is 1. The number of rotatable bonds is 2. The van der Waals surface area contributed by atoms with Gasteiger partial charge in [0.2, 0.25) is 0 Å². The molecule has 0 heterocycles. The van der Waals surface area contributed by atoms with E-state index in [0.717, 1.165) is 12.0 Å². The Kier molecular flexibility index (Phi) is 3.48. The highest BCUT2D eigenvalue weighted by molar-refractivity contribution is 5.85. The second-order valence-electron chi connectivity index (χ2n) is 7.11. The Labute approximate surface area is 122 Å². The van der Waals surface area contributed by atoms with E-state index < -0.39 is 0 Å². The molecule has 2 nitrogen and oxygen atoms in total. The molecule has 1 N–H and O–H groups in total. The van der Waals surface area contributed by atoms with Crippen LogP contribution in [0.15, 0.2) is 11.2 Å². The van der Waals surface area contributed by atoms with Crippen LogP contribution in [0.4, 0.5) is 0 Å². The van der Waals surface area contributed by atoms with Crippen molar-refractivity contribution in [2.24, 2.45) is 11.1 Å². The van der Waals surface area contributed by atoms with Gasteiger partial charge in [0.25, 0.3) is 0 Å². The number of benzene rings is 1. The topological polar surface area (TPSA) is 32.6 Å². The summed E-state index contributed by atoms with van der Waals surface area (Å²) >= 11 is 0. The number of nitrogens with zero attached hydrogens (tertiary/aromatic N) is 1. The Morgan fingerprint density at radius 2 is 1.90 bits per heavy atom. The Morgan fingerprint density at radius 1 is 1.30 bits per heavy atom. The maximum absolute atomic E-state index is 8.93. The molecule has 0 saturated heterocycles. The zero-order valence-electron chi connectivity index (χ0n) is 13.8. The molecule has 2 rings (SSSR count). The molecular weight excluding hydrogens is 246 g/mol. The second kappa shape index (κ2) is 4.61. The van der Waals surface area contributed by atoms with Gasteiger partial charge in [-0.3, -0.25) is 0 Å². The van der Waals surface area contributed by atoms with Crippen molar-refractivity contribution >= 4 is 6.21 Å².